The van der Waals surface area contributed by atoms with Gasteiger partial charge in [0.1, 0.15) is 5.82 Å². The minimum atomic E-state index is -0.338. The lowest BCUT2D eigenvalue weighted by molar-refractivity contribution is 0.0805. The second kappa shape index (κ2) is 6.16. The predicted molar refractivity (Wildman–Crippen MR) is 85.3 cm³/mol. The maximum atomic E-state index is 10.4. The Morgan fingerprint density at radius 2 is 1.95 bits per heavy atom. The molecule has 21 heavy (non-hydrogen) atoms. The van der Waals surface area contributed by atoms with Crippen LogP contribution >= 0.6 is 0 Å². The molecule has 114 valence electrons. The highest BCUT2D eigenvalue weighted by molar-refractivity contribution is 5.75. The molecule has 0 unspecified atom stereocenters. The van der Waals surface area contributed by atoms with Crippen LogP contribution in [0.25, 0.3) is 11.0 Å². The highest BCUT2D eigenvalue weighted by Gasteiger charge is 2.19. The molecule has 1 aliphatic rings. The summed E-state index contributed by atoms with van der Waals surface area (Å²) in [6.45, 7) is 7.94. The zero-order valence-corrected chi connectivity index (χ0v) is 13.0. The summed E-state index contributed by atoms with van der Waals surface area (Å²) >= 11 is 0. The first-order valence-corrected chi connectivity index (χ1v) is 7.96. The molecule has 0 spiro atoms. The minimum Gasteiger partial charge on any atom is -0.390 e. The molecular weight excluding hydrogens is 262 g/mol. The van der Waals surface area contributed by atoms with Gasteiger partial charge in [-0.3, -0.25) is 0 Å². The van der Waals surface area contributed by atoms with E-state index in [-0.39, 0.29) is 6.10 Å². The number of para-hydroxylation sites is 2. The van der Waals surface area contributed by atoms with Crippen LogP contribution in [0.4, 0.5) is 0 Å². The molecule has 4 nitrogen and oxygen atoms in total. The Bertz CT molecular complexity index is 599. The molecule has 1 atom stereocenters. The van der Waals surface area contributed by atoms with E-state index in [1.165, 1.54) is 12.8 Å². The average molecular weight is 287 g/mol. The van der Waals surface area contributed by atoms with Crippen molar-refractivity contribution in [1.82, 2.24) is 14.5 Å². The van der Waals surface area contributed by atoms with Gasteiger partial charge in [0.05, 0.1) is 23.7 Å². The second-order valence-corrected chi connectivity index (χ2v) is 6.40. The molecule has 0 bridgehead atoms. The van der Waals surface area contributed by atoms with Gasteiger partial charge in [-0.15, -0.1) is 0 Å². The number of nitrogens with zero attached hydrogens (tertiary/aromatic N) is 3. The van der Waals surface area contributed by atoms with Crippen molar-refractivity contribution >= 4 is 11.0 Å². The van der Waals surface area contributed by atoms with Crippen molar-refractivity contribution in [3.63, 3.8) is 0 Å². The van der Waals surface area contributed by atoms with Crippen molar-refractivity contribution in [2.24, 2.45) is 5.92 Å². The third-order valence-electron chi connectivity index (χ3n) is 4.58. The number of aryl methyl sites for hydroxylation is 1. The van der Waals surface area contributed by atoms with Crippen LogP contribution in [0.3, 0.4) is 0 Å². The maximum Gasteiger partial charge on any atom is 0.106 e. The van der Waals surface area contributed by atoms with Gasteiger partial charge in [-0.1, -0.05) is 19.1 Å². The van der Waals surface area contributed by atoms with Crippen molar-refractivity contribution in [2.75, 3.05) is 19.6 Å². The van der Waals surface area contributed by atoms with Crippen LogP contribution in [0.2, 0.25) is 0 Å². The van der Waals surface area contributed by atoms with E-state index < -0.39 is 0 Å². The molecule has 0 aliphatic carbocycles. The third kappa shape index (κ3) is 3.27. The predicted octanol–water partition coefficient (Wildman–Crippen LogP) is 2.44. The molecule has 0 saturated carbocycles. The average Bonchev–Trinajstić information content (AvgIpc) is 2.78. The maximum absolute atomic E-state index is 10.4. The summed E-state index contributed by atoms with van der Waals surface area (Å²) in [5.74, 6) is 1.81. The number of hydrogen-bond donors (Lipinski definition) is 1. The van der Waals surface area contributed by atoms with E-state index in [1.54, 1.807) is 0 Å². The molecule has 1 N–H and O–H groups in total. The van der Waals surface area contributed by atoms with Crippen molar-refractivity contribution < 1.29 is 5.11 Å². The van der Waals surface area contributed by atoms with Crippen LogP contribution in [0.15, 0.2) is 24.3 Å². The summed E-state index contributed by atoms with van der Waals surface area (Å²) in [4.78, 5) is 6.95. The van der Waals surface area contributed by atoms with Crippen LogP contribution in [0.5, 0.6) is 0 Å². The van der Waals surface area contributed by atoms with Crippen molar-refractivity contribution in [3.05, 3.63) is 30.1 Å². The summed E-state index contributed by atoms with van der Waals surface area (Å²) in [5.41, 5.74) is 2.12. The van der Waals surface area contributed by atoms with E-state index in [0.29, 0.717) is 6.54 Å². The number of hydrogen-bond acceptors (Lipinski definition) is 3. The number of aromatic nitrogens is 2. The third-order valence-corrected chi connectivity index (χ3v) is 4.58. The Balaban J connectivity index is 1.66. The number of rotatable bonds is 4. The van der Waals surface area contributed by atoms with Gasteiger partial charge < -0.3 is 14.6 Å². The van der Waals surface area contributed by atoms with Crippen LogP contribution in [0.1, 0.15) is 25.6 Å². The molecule has 1 aliphatic heterocycles. The van der Waals surface area contributed by atoms with E-state index >= 15 is 0 Å². The molecule has 1 aromatic carbocycles. The number of β-amino-alcohol motifs (C(OH)–C–C–N with tert-alkyl or cyclic N) is 1. The highest BCUT2D eigenvalue weighted by Crippen LogP contribution is 2.18. The SMILES string of the molecule is Cc1nc2ccccc2n1C[C@@H](O)CN1CCC(C)CC1. The lowest BCUT2D eigenvalue weighted by atomic mass is 9.99. The summed E-state index contributed by atoms with van der Waals surface area (Å²) in [5, 5.41) is 10.4. The Kier molecular flexibility index (Phi) is 4.27. The zero-order chi connectivity index (χ0) is 14.8. The molecule has 1 saturated heterocycles. The lowest BCUT2D eigenvalue weighted by Gasteiger charge is -2.31. The van der Waals surface area contributed by atoms with Crippen molar-refractivity contribution in [1.29, 1.82) is 0 Å². The fourth-order valence-corrected chi connectivity index (χ4v) is 3.24. The van der Waals surface area contributed by atoms with Crippen LogP contribution in [0, 0.1) is 12.8 Å². The molecule has 0 radical (unpaired) electrons. The first-order chi connectivity index (χ1) is 10.1. The number of piperidine rings is 1. The Hall–Kier alpha value is -1.39. The number of aliphatic hydroxyl groups is 1. The van der Waals surface area contributed by atoms with Crippen LogP contribution in [-0.4, -0.2) is 45.3 Å². The van der Waals surface area contributed by atoms with Gasteiger partial charge in [-0.2, -0.15) is 0 Å². The first kappa shape index (κ1) is 14.5. The molecule has 0 amide bonds. The van der Waals surface area contributed by atoms with Crippen LogP contribution < -0.4 is 0 Å². The summed E-state index contributed by atoms with van der Waals surface area (Å²) < 4.78 is 2.13. The lowest BCUT2D eigenvalue weighted by Crippen LogP contribution is -2.39. The van der Waals surface area contributed by atoms with E-state index in [4.69, 9.17) is 0 Å². The summed E-state index contributed by atoms with van der Waals surface area (Å²) in [7, 11) is 0. The smallest absolute Gasteiger partial charge is 0.106 e. The fraction of sp³-hybridized carbons (Fsp3) is 0.588. The van der Waals surface area contributed by atoms with Gasteiger partial charge in [-0.25, -0.2) is 4.98 Å². The monoisotopic (exact) mass is 287 g/mol. The number of likely N-dealkylation sites (tertiary alicyclic amines) is 1. The molecule has 1 aromatic heterocycles. The van der Waals surface area contributed by atoms with E-state index in [2.05, 4.69) is 27.4 Å². The fourth-order valence-electron chi connectivity index (χ4n) is 3.24. The molecular formula is C17H25N3O. The minimum absolute atomic E-state index is 0.338. The number of imidazole rings is 1. The number of fused-ring (bicyclic) bond motifs is 1. The van der Waals surface area contributed by atoms with Crippen molar-refractivity contribution in [2.45, 2.75) is 39.3 Å². The van der Waals surface area contributed by atoms with Crippen LogP contribution in [-0.2, 0) is 6.54 Å². The molecule has 3 rings (SSSR count). The Labute approximate surface area is 126 Å². The first-order valence-electron chi connectivity index (χ1n) is 7.96. The van der Waals surface area contributed by atoms with E-state index in [1.807, 2.05) is 25.1 Å². The zero-order valence-electron chi connectivity index (χ0n) is 13.0. The summed E-state index contributed by atoms with van der Waals surface area (Å²) in [6.07, 6.45) is 2.16. The largest absolute Gasteiger partial charge is 0.390 e. The van der Waals surface area contributed by atoms with Gasteiger partial charge in [0.15, 0.2) is 0 Å². The quantitative estimate of drug-likeness (QED) is 0.939. The van der Waals surface area contributed by atoms with Gasteiger partial charge in [-0.05, 0) is 50.9 Å². The molecule has 4 heteroatoms. The standard InChI is InChI=1S/C17H25N3O/c1-13-7-9-19(10-8-13)11-15(21)12-20-14(2)18-16-5-3-4-6-17(16)20/h3-6,13,15,21H,7-12H2,1-2H3/t15-/m0/s1. The molecule has 2 heterocycles. The molecule has 2 aromatic rings. The van der Waals surface area contributed by atoms with E-state index in [0.717, 1.165) is 42.4 Å². The highest BCUT2D eigenvalue weighted by atomic mass is 16.3. The molecule has 1 fully saturated rings. The topological polar surface area (TPSA) is 41.3 Å². The van der Waals surface area contributed by atoms with Gasteiger partial charge in [0.25, 0.3) is 0 Å². The normalized spacial score (nSPS) is 19.2. The van der Waals surface area contributed by atoms with Gasteiger partial charge in [0, 0.05) is 6.54 Å². The van der Waals surface area contributed by atoms with Gasteiger partial charge in [0.2, 0.25) is 0 Å². The van der Waals surface area contributed by atoms with Crippen molar-refractivity contribution in [3.8, 4) is 0 Å². The second-order valence-electron chi connectivity index (χ2n) is 6.40. The Morgan fingerprint density at radius 3 is 2.71 bits per heavy atom. The van der Waals surface area contributed by atoms with E-state index in [9.17, 15) is 5.11 Å². The number of benzene rings is 1. The Morgan fingerprint density at radius 1 is 1.24 bits per heavy atom. The van der Waals surface area contributed by atoms with Gasteiger partial charge >= 0.3 is 0 Å². The summed E-state index contributed by atoms with van der Waals surface area (Å²) in [6, 6.07) is 8.13. The number of aliphatic hydroxyl groups excluding tert-OH is 1.